The molecule has 1 aromatic rings. The summed E-state index contributed by atoms with van der Waals surface area (Å²) in [6.45, 7) is 9.75. The second-order valence-electron chi connectivity index (χ2n) is 6.51. The van der Waals surface area contributed by atoms with Gasteiger partial charge in [-0.2, -0.15) is 4.80 Å². The highest BCUT2D eigenvalue weighted by Gasteiger charge is 2.36. The third-order valence-corrected chi connectivity index (χ3v) is 3.40. The van der Waals surface area contributed by atoms with Crippen LogP contribution < -0.4 is 5.32 Å². The average Bonchev–Trinajstić information content (AvgIpc) is 2.68. The molecule has 1 saturated heterocycles. The second kappa shape index (κ2) is 5.97. The summed E-state index contributed by atoms with van der Waals surface area (Å²) in [4.78, 5) is 15.0. The van der Waals surface area contributed by atoms with E-state index in [4.69, 9.17) is 4.74 Å². The van der Waals surface area contributed by atoms with E-state index in [1.54, 1.807) is 11.9 Å². The molecule has 0 radical (unpaired) electrons. The maximum Gasteiger partial charge on any atom is 0.410 e. The van der Waals surface area contributed by atoms with Crippen LogP contribution in [0.3, 0.4) is 0 Å². The van der Waals surface area contributed by atoms with Gasteiger partial charge in [-0.1, -0.05) is 0 Å². The van der Waals surface area contributed by atoms with Crippen LogP contribution in [-0.2, 0) is 18.3 Å². The first-order valence-corrected chi connectivity index (χ1v) is 7.19. The van der Waals surface area contributed by atoms with E-state index in [-0.39, 0.29) is 12.1 Å². The Morgan fingerprint density at radius 2 is 2.14 bits per heavy atom. The van der Waals surface area contributed by atoms with Crippen molar-refractivity contribution in [1.29, 1.82) is 0 Å². The van der Waals surface area contributed by atoms with Gasteiger partial charge in [0, 0.05) is 25.0 Å². The van der Waals surface area contributed by atoms with Crippen molar-refractivity contribution in [3.05, 3.63) is 5.82 Å². The third-order valence-electron chi connectivity index (χ3n) is 3.40. The monoisotopic (exact) mass is 296 g/mol. The summed E-state index contributed by atoms with van der Waals surface area (Å²) in [6, 6.07) is 0.285. The van der Waals surface area contributed by atoms with E-state index in [2.05, 4.69) is 27.7 Å². The number of amides is 1. The maximum absolute atomic E-state index is 11.8. The highest BCUT2D eigenvalue weighted by molar-refractivity contribution is 5.69. The minimum atomic E-state index is -0.441. The number of carbonyl (C=O) groups excluding carboxylic acids is 1. The highest BCUT2D eigenvalue weighted by atomic mass is 16.6. The van der Waals surface area contributed by atoms with Crippen molar-refractivity contribution in [2.75, 3.05) is 13.1 Å². The fraction of sp³-hybridized carbons (Fsp3) is 0.846. The fourth-order valence-corrected chi connectivity index (χ4v) is 2.12. The number of hydrogen-bond donors (Lipinski definition) is 1. The molecule has 0 aliphatic carbocycles. The van der Waals surface area contributed by atoms with Gasteiger partial charge in [0.2, 0.25) is 0 Å². The molecule has 118 valence electrons. The fourth-order valence-electron chi connectivity index (χ4n) is 2.12. The van der Waals surface area contributed by atoms with Gasteiger partial charge in [0.1, 0.15) is 5.60 Å². The molecule has 0 aromatic carbocycles. The molecule has 1 aromatic heterocycles. The Morgan fingerprint density at radius 1 is 1.48 bits per heavy atom. The normalized spacial score (nSPS) is 17.5. The Bertz CT molecular complexity index is 489. The molecule has 1 atom stereocenters. The maximum atomic E-state index is 11.8. The summed E-state index contributed by atoms with van der Waals surface area (Å²) in [6.07, 6.45) is -0.235. The van der Waals surface area contributed by atoms with E-state index in [0.717, 1.165) is 13.1 Å². The molecule has 2 heterocycles. The van der Waals surface area contributed by atoms with Gasteiger partial charge in [-0.05, 0) is 32.9 Å². The first-order valence-electron chi connectivity index (χ1n) is 7.19. The zero-order valence-electron chi connectivity index (χ0n) is 13.3. The first-order chi connectivity index (χ1) is 9.74. The lowest BCUT2D eigenvalue weighted by molar-refractivity contribution is -0.00583. The Morgan fingerprint density at radius 3 is 2.67 bits per heavy atom. The van der Waals surface area contributed by atoms with Crippen LogP contribution in [0.4, 0.5) is 4.79 Å². The molecule has 0 bridgehead atoms. The third kappa shape index (κ3) is 4.38. The average molecular weight is 296 g/mol. The van der Waals surface area contributed by atoms with Gasteiger partial charge < -0.3 is 15.0 Å². The van der Waals surface area contributed by atoms with Crippen molar-refractivity contribution in [2.24, 2.45) is 13.0 Å². The van der Waals surface area contributed by atoms with E-state index in [9.17, 15) is 4.79 Å². The highest BCUT2D eigenvalue weighted by Crippen LogP contribution is 2.22. The molecular weight excluding hydrogens is 272 g/mol. The summed E-state index contributed by atoms with van der Waals surface area (Å²) in [5.41, 5.74) is -0.441. The van der Waals surface area contributed by atoms with Crippen molar-refractivity contribution in [2.45, 2.75) is 45.9 Å². The summed E-state index contributed by atoms with van der Waals surface area (Å²) >= 11 is 0. The molecule has 1 amide bonds. The number of rotatable bonds is 4. The Balaban J connectivity index is 1.70. The van der Waals surface area contributed by atoms with Gasteiger partial charge in [-0.15, -0.1) is 10.2 Å². The lowest BCUT2D eigenvalue weighted by Gasteiger charge is -2.42. The van der Waals surface area contributed by atoms with Crippen molar-refractivity contribution < 1.29 is 9.53 Å². The van der Waals surface area contributed by atoms with Gasteiger partial charge in [-0.3, -0.25) is 0 Å². The molecule has 1 aliphatic rings. The van der Waals surface area contributed by atoms with E-state index in [0.29, 0.717) is 18.3 Å². The topological polar surface area (TPSA) is 85.2 Å². The van der Waals surface area contributed by atoms with Crippen molar-refractivity contribution in [3.8, 4) is 0 Å². The lowest BCUT2D eigenvalue weighted by atomic mass is 9.93. The van der Waals surface area contributed by atoms with Crippen LogP contribution in [0, 0.1) is 5.92 Å². The van der Waals surface area contributed by atoms with E-state index in [1.807, 2.05) is 20.8 Å². The largest absolute Gasteiger partial charge is 0.444 e. The van der Waals surface area contributed by atoms with Gasteiger partial charge in [0.05, 0.1) is 13.6 Å². The summed E-state index contributed by atoms with van der Waals surface area (Å²) in [5, 5.41) is 15.2. The van der Waals surface area contributed by atoms with Crippen LogP contribution in [0.1, 0.15) is 33.5 Å². The van der Waals surface area contributed by atoms with Gasteiger partial charge in [0.25, 0.3) is 0 Å². The number of ether oxygens (including phenoxy) is 1. The van der Waals surface area contributed by atoms with Gasteiger partial charge in [0.15, 0.2) is 5.82 Å². The van der Waals surface area contributed by atoms with Crippen molar-refractivity contribution in [1.82, 2.24) is 30.4 Å². The number of tetrazole rings is 1. The molecule has 1 fully saturated rings. The summed E-state index contributed by atoms with van der Waals surface area (Å²) in [7, 11) is 1.74. The number of carbonyl (C=O) groups is 1. The van der Waals surface area contributed by atoms with Crippen LogP contribution in [0.5, 0.6) is 0 Å². The van der Waals surface area contributed by atoms with Crippen LogP contribution in [0.15, 0.2) is 0 Å². The predicted octanol–water partition coefficient (Wildman–Crippen LogP) is 0.555. The number of nitrogens with one attached hydrogen (secondary N) is 1. The zero-order valence-corrected chi connectivity index (χ0v) is 13.3. The number of aromatic nitrogens is 4. The Labute approximate surface area is 124 Å². The van der Waals surface area contributed by atoms with Crippen LogP contribution >= 0.6 is 0 Å². The molecule has 0 saturated carbocycles. The van der Waals surface area contributed by atoms with E-state index >= 15 is 0 Å². The van der Waals surface area contributed by atoms with Crippen molar-refractivity contribution in [3.63, 3.8) is 0 Å². The molecule has 21 heavy (non-hydrogen) atoms. The Hall–Kier alpha value is -1.70. The minimum absolute atomic E-state index is 0.235. The molecule has 2 rings (SSSR count). The molecule has 0 unspecified atom stereocenters. The smallest absolute Gasteiger partial charge is 0.410 e. The van der Waals surface area contributed by atoms with Crippen LogP contribution in [0.25, 0.3) is 0 Å². The van der Waals surface area contributed by atoms with Crippen LogP contribution in [-0.4, -0.2) is 55.9 Å². The predicted molar refractivity (Wildman–Crippen MR) is 76.4 cm³/mol. The Kier molecular flexibility index (Phi) is 4.46. The van der Waals surface area contributed by atoms with Gasteiger partial charge in [-0.25, -0.2) is 4.79 Å². The second-order valence-corrected chi connectivity index (χ2v) is 6.51. The molecule has 1 N–H and O–H groups in total. The van der Waals surface area contributed by atoms with E-state index in [1.165, 1.54) is 4.80 Å². The summed E-state index contributed by atoms with van der Waals surface area (Å²) < 4.78 is 5.34. The molecule has 1 aliphatic heterocycles. The van der Waals surface area contributed by atoms with Gasteiger partial charge >= 0.3 is 6.09 Å². The SMILES string of the molecule is C[C@@H](NCc1nnn(C)n1)C1CN(C(=O)OC(C)(C)C)C1. The molecule has 0 spiro atoms. The van der Waals surface area contributed by atoms with E-state index < -0.39 is 5.60 Å². The van der Waals surface area contributed by atoms with Crippen LogP contribution in [0.2, 0.25) is 0 Å². The number of aryl methyl sites for hydroxylation is 1. The molecular formula is C13H24N6O2. The number of likely N-dealkylation sites (tertiary alicyclic amines) is 1. The number of hydrogen-bond acceptors (Lipinski definition) is 6. The quantitative estimate of drug-likeness (QED) is 0.873. The number of nitrogens with zero attached hydrogens (tertiary/aromatic N) is 5. The summed E-state index contributed by atoms with van der Waals surface area (Å²) in [5.74, 6) is 1.10. The minimum Gasteiger partial charge on any atom is -0.444 e. The van der Waals surface area contributed by atoms with Crippen molar-refractivity contribution >= 4 is 6.09 Å². The molecule has 8 heteroatoms. The lowest BCUT2D eigenvalue weighted by Crippen LogP contribution is -2.57. The zero-order chi connectivity index (χ0) is 15.6. The molecule has 8 nitrogen and oxygen atoms in total. The standard InChI is InChI=1S/C13H24N6O2/c1-9(14-6-11-15-17-18(5)16-11)10-7-19(8-10)12(20)21-13(2,3)4/h9-10,14H,6-8H2,1-5H3/t9-/m1/s1. The first kappa shape index (κ1) is 15.7.